The lowest BCUT2D eigenvalue weighted by atomic mass is 10.0. The molecule has 0 saturated carbocycles. The van der Waals surface area contributed by atoms with Crippen molar-refractivity contribution >= 4 is 27.6 Å². The lowest BCUT2D eigenvalue weighted by Gasteiger charge is -2.27. The first-order valence-electron chi connectivity index (χ1n) is 6.14. The van der Waals surface area contributed by atoms with Gasteiger partial charge in [0.1, 0.15) is 22.4 Å². The van der Waals surface area contributed by atoms with E-state index in [9.17, 15) is 0 Å². The van der Waals surface area contributed by atoms with Crippen molar-refractivity contribution in [3.63, 3.8) is 0 Å². The molecule has 1 rings (SSSR count). The van der Waals surface area contributed by atoms with E-state index in [4.69, 9.17) is 5.73 Å². The summed E-state index contributed by atoms with van der Waals surface area (Å²) in [4.78, 5) is 10.5. The van der Waals surface area contributed by atoms with Crippen LogP contribution in [0.4, 0.5) is 11.6 Å². The SMILES string of the molecule is CCC(CC)CN(CC)c1ncnc(N)c1Br. The molecule has 0 atom stereocenters. The number of nitrogen functional groups attached to an aromatic ring is 1. The van der Waals surface area contributed by atoms with Gasteiger partial charge in [0.2, 0.25) is 0 Å². The third kappa shape index (κ3) is 3.56. The van der Waals surface area contributed by atoms with Gasteiger partial charge in [-0.25, -0.2) is 9.97 Å². The third-order valence-electron chi connectivity index (χ3n) is 3.11. The highest BCUT2D eigenvalue weighted by molar-refractivity contribution is 9.10. The Morgan fingerprint density at radius 3 is 2.47 bits per heavy atom. The molecule has 0 amide bonds. The van der Waals surface area contributed by atoms with Gasteiger partial charge >= 0.3 is 0 Å². The van der Waals surface area contributed by atoms with Crippen LogP contribution in [0.25, 0.3) is 0 Å². The van der Waals surface area contributed by atoms with Crippen LogP contribution < -0.4 is 10.6 Å². The molecule has 0 radical (unpaired) electrons. The molecule has 0 unspecified atom stereocenters. The number of anilines is 2. The van der Waals surface area contributed by atoms with Crippen LogP contribution in [-0.2, 0) is 0 Å². The topological polar surface area (TPSA) is 55.0 Å². The Morgan fingerprint density at radius 2 is 1.94 bits per heavy atom. The standard InChI is InChI=1S/C12H21BrN4/c1-4-9(5-2)7-17(6-3)12-10(13)11(14)15-8-16-12/h8-9H,4-7H2,1-3H3,(H2,14,15,16). The zero-order valence-corrected chi connectivity index (χ0v) is 12.4. The molecule has 1 heterocycles. The quantitative estimate of drug-likeness (QED) is 0.877. The van der Waals surface area contributed by atoms with Crippen molar-refractivity contribution in [3.05, 3.63) is 10.8 Å². The van der Waals surface area contributed by atoms with Crippen molar-refractivity contribution in [1.29, 1.82) is 0 Å². The molecular weight excluding hydrogens is 280 g/mol. The summed E-state index contributed by atoms with van der Waals surface area (Å²) < 4.78 is 0.799. The summed E-state index contributed by atoms with van der Waals surface area (Å²) >= 11 is 3.46. The van der Waals surface area contributed by atoms with Crippen molar-refractivity contribution in [1.82, 2.24) is 9.97 Å². The fraction of sp³-hybridized carbons (Fsp3) is 0.667. The van der Waals surface area contributed by atoms with Crippen molar-refractivity contribution in [2.45, 2.75) is 33.6 Å². The lowest BCUT2D eigenvalue weighted by molar-refractivity contribution is 0.484. The minimum absolute atomic E-state index is 0.498. The number of hydrogen-bond donors (Lipinski definition) is 1. The highest BCUT2D eigenvalue weighted by Crippen LogP contribution is 2.28. The highest BCUT2D eigenvalue weighted by Gasteiger charge is 2.15. The van der Waals surface area contributed by atoms with Gasteiger partial charge in [0.25, 0.3) is 0 Å². The Hall–Kier alpha value is -0.840. The number of hydrogen-bond acceptors (Lipinski definition) is 4. The molecule has 0 aliphatic carbocycles. The van der Waals surface area contributed by atoms with Crippen LogP contribution in [0.2, 0.25) is 0 Å². The van der Waals surface area contributed by atoms with E-state index in [1.165, 1.54) is 19.2 Å². The van der Waals surface area contributed by atoms with Gasteiger partial charge in [-0.15, -0.1) is 0 Å². The zero-order chi connectivity index (χ0) is 12.8. The monoisotopic (exact) mass is 300 g/mol. The number of halogens is 1. The summed E-state index contributed by atoms with van der Waals surface area (Å²) in [6.07, 6.45) is 3.89. The second kappa shape index (κ2) is 6.79. The summed E-state index contributed by atoms with van der Waals surface area (Å²) in [5.74, 6) is 2.09. The number of nitrogens with zero attached hydrogens (tertiary/aromatic N) is 3. The highest BCUT2D eigenvalue weighted by atomic mass is 79.9. The minimum atomic E-state index is 0.498. The Labute approximate surface area is 112 Å². The van der Waals surface area contributed by atoms with Crippen LogP contribution in [0, 0.1) is 5.92 Å². The van der Waals surface area contributed by atoms with E-state index in [-0.39, 0.29) is 0 Å². The number of nitrogens with two attached hydrogens (primary N) is 1. The van der Waals surface area contributed by atoms with Crippen molar-refractivity contribution in [3.8, 4) is 0 Å². The Kier molecular flexibility index (Phi) is 5.68. The molecule has 1 aromatic rings. The van der Waals surface area contributed by atoms with Gasteiger partial charge in [0.15, 0.2) is 0 Å². The van der Waals surface area contributed by atoms with Gasteiger partial charge in [-0.2, -0.15) is 0 Å². The molecule has 2 N–H and O–H groups in total. The largest absolute Gasteiger partial charge is 0.383 e. The van der Waals surface area contributed by atoms with Gasteiger partial charge < -0.3 is 10.6 Å². The van der Waals surface area contributed by atoms with Crippen LogP contribution in [0.5, 0.6) is 0 Å². The molecule has 0 fully saturated rings. The zero-order valence-electron chi connectivity index (χ0n) is 10.8. The summed E-state index contributed by atoms with van der Waals surface area (Å²) in [6, 6.07) is 0. The molecule has 17 heavy (non-hydrogen) atoms. The molecule has 4 nitrogen and oxygen atoms in total. The van der Waals surface area contributed by atoms with E-state index in [0.717, 1.165) is 23.4 Å². The smallest absolute Gasteiger partial charge is 0.148 e. The van der Waals surface area contributed by atoms with E-state index < -0.39 is 0 Å². The van der Waals surface area contributed by atoms with Crippen molar-refractivity contribution in [2.75, 3.05) is 23.7 Å². The maximum Gasteiger partial charge on any atom is 0.148 e. The molecule has 5 heteroatoms. The van der Waals surface area contributed by atoms with E-state index in [1.807, 2.05) is 0 Å². The van der Waals surface area contributed by atoms with E-state index in [1.54, 1.807) is 0 Å². The number of rotatable bonds is 6. The molecule has 0 aromatic carbocycles. The van der Waals surface area contributed by atoms with Crippen LogP contribution >= 0.6 is 15.9 Å². The second-order valence-corrected chi connectivity index (χ2v) is 4.91. The summed E-state index contributed by atoms with van der Waals surface area (Å²) in [5, 5.41) is 0. The molecule has 96 valence electrons. The fourth-order valence-electron chi connectivity index (χ4n) is 1.82. The first-order valence-corrected chi connectivity index (χ1v) is 6.94. The number of aromatic nitrogens is 2. The third-order valence-corrected chi connectivity index (χ3v) is 3.87. The second-order valence-electron chi connectivity index (χ2n) is 4.12. The summed E-state index contributed by atoms with van der Waals surface area (Å²) in [5.41, 5.74) is 5.78. The maximum absolute atomic E-state index is 5.78. The van der Waals surface area contributed by atoms with E-state index in [2.05, 4.69) is 51.6 Å². The molecule has 1 aromatic heterocycles. The first kappa shape index (κ1) is 14.2. The average Bonchev–Trinajstić information content (AvgIpc) is 2.35. The molecule has 0 spiro atoms. The van der Waals surface area contributed by atoms with Crippen LogP contribution in [0.1, 0.15) is 33.6 Å². The van der Waals surface area contributed by atoms with Gasteiger partial charge in [-0.1, -0.05) is 26.7 Å². The van der Waals surface area contributed by atoms with Gasteiger partial charge in [-0.3, -0.25) is 0 Å². The summed E-state index contributed by atoms with van der Waals surface area (Å²) in [6.45, 7) is 8.52. The molecule has 0 aliphatic rings. The molecule has 0 aliphatic heterocycles. The van der Waals surface area contributed by atoms with Crippen molar-refractivity contribution in [2.24, 2.45) is 5.92 Å². The van der Waals surface area contributed by atoms with Crippen molar-refractivity contribution < 1.29 is 0 Å². The molecule has 0 saturated heterocycles. The first-order chi connectivity index (χ1) is 8.13. The van der Waals surface area contributed by atoms with Gasteiger partial charge in [0, 0.05) is 13.1 Å². The van der Waals surface area contributed by atoms with E-state index in [0.29, 0.717) is 11.7 Å². The normalized spacial score (nSPS) is 10.9. The maximum atomic E-state index is 5.78. The lowest BCUT2D eigenvalue weighted by Crippen LogP contribution is -2.30. The van der Waals surface area contributed by atoms with Gasteiger partial charge in [-0.05, 0) is 28.8 Å². The molecular formula is C12H21BrN4. The predicted octanol–water partition coefficient (Wildman–Crippen LogP) is 3.08. The Morgan fingerprint density at radius 1 is 1.29 bits per heavy atom. The average molecular weight is 301 g/mol. The summed E-state index contributed by atoms with van der Waals surface area (Å²) in [7, 11) is 0. The Bertz CT molecular complexity index is 352. The fourth-order valence-corrected chi connectivity index (χ4v) is 2.27. The van der Waals surface area contributed by atoms with Gasteiger partial charge in [0.05, 0.1) is 0 Å². The molecule has 0 bridgehead atoms. The Balaban J connectivity index is 2.89. The van der Waals surface area contributed by atoms with Crippen LogP contribution in [0.3, 0.4) is 0 Å². The van der Waals surface area contributed by atoms with Crippen LogP contribution in [-0.4, -0.2) is 23.1 Å². The minimum Gasteiger partial charge on any atom is -0.383 e. The predicted molar refractivity (Wildman–Crippen MR) is 76.1 cm³/mol. The van der Waals surface area contributed by atoms with Crippen LogP contribution in [0.15, 0.2) is 10.8 Å². The van der Waals surface area contributed by atoms with E-state index >= 15 is 0 Å².